The summed E-state index contributed by atoms with van der Waals surface area (Å²) >= 11 is 0. The number of rotatable bonds is 5. The predicted molar refractivity (Wildman–Crippen MR) is 108 cm³/mol. The Morgan fingerprint density at radius 3 is 2.44 bits per heavy atom. The molecule has 1 aromatic carbocycles. The van der Waals surface area contributed by atoms with Crippen LogP contribution >= 0.6 is 0 Å². The third kappa shape index (κ3) is 3.68. The van der Waals surface area contributed by atoms with Crippen LogP contribution in [0.25, 0.3) is 17.2 Å². The highest BCUT2D eigenvalue weighted by atomic mass is 15.3. The molecular weight excluding hydrogens is 336 g/mol. The van der Waals surface area contributed by atoms with Crippen molar-refractivity contribution in [3.63, 3.8) is 0 Å². The Hall–Kier alpha value is -2.44. The van der Waals surface area contributed by atoms with Gasteiger partial charge in [0.15, 0.2) is 5.82 Å². The van der Waals surface area contributed by atoms with Gasteiger partial charge < -0.3 is 9.47 Å². The summed E-state index contributed by atoms with van der Waals surface area (Å²) in [6.45, 7) is 10.0. The zero-order valence-electron chi connectivity index (χ0n) is 16.4. The van der Waals surface area contributed by atoms with E-state index < -0.39 is 0 Å². The number of hydrogen-bond acceptors (Lipinski definition) is 4. The van der Waals surface area contributed by atoms with Crippen molar-refractivity contribution in [2.45, 2.75) is 25.9 Å². The molecule has 2 aromatic heterocycles. The van der Waals surface area contributed by atoms with Gasteiger partial charge in [-0.15, -0.1) is 0 Å². The van der Waals surface area contributed by atoms with Crippen molar-refractivity contribution in [3.05, 3.63) is 55.0 Å². The molecule has 3 heterocycles. The number of piperazine rings is 1. The van der Waals surface area contributed by atoms with Gasteiger partial charge in [-0.1, -0.05) is 18.2 Å². The molecule has 0 bridgehead atoms. The van der Waals surface area contributed by atoms with Gasteiger partial charge in [0.2, 0.25) is 0 Å². The van der Waals surface area contributed by atoms with Crippen molar-refractivity contribution in [1.29, 1.82) is 0 Å². The van der Waals surface area contributed by atoms with Crippen LogP contribution in [0.3, 0.4) is 0 Å². The van der Waals surface area contributed by atoms with Gasteiger partial charge >= 0.3 is 0 Å². The quantitative estimate of drug-likeness (QED) is 0.698. The summed E-state index contributed by atoms with van der Waals surface area (Å²) in [7, 11) is 2.20. The molecule has 27 heavy (non-hydrogen) atoms. The Kier molecular flexibility index (Phi) is 4.85. The number of imidazole rings is 1. The SMILES string of the molecule is CN1CCN(C(C)(C)Cn2ccnc2-c2ccnn2-c2ccccc2)CC1. The Morgan fingerprint density at radius 2 is 1.70 bits per heavy atom. The maximum Gasteiger partial charge on any atom is 0.158 e. The third-order valence-electron chi connectivity index (χ3n) is 5.50. The second-order valence-corrected chi connectivity index (χ2v) is 7.95. The van der Waals surface area contributed by atoms with Crippen molar-refractivity contribution in [3.8, 4) is 17.2 Å². The van der Waals surface area contributed by atoms with Gasteiger partial charge in [-0.3, -0.25) is 4.90 Å². The molecule has 1 aliphatic heterocycles. The smallest absolute Gasteiger partial charge is 0.158 e. The van der Waals surface area contributed by atoms with Crippen LogP contribution in [0.5, 0.6) is 0 Å². The van der Waals surface area contributed by atoms with Crippen LogP contribution in [0, 0.1) is 0 Å². The first-order valence-corrected chi connectivity index (χ1v) is 9.59. The van der Waals surface area contributed by atoms with Crippen LogP contribution in [-0.4, -0.2) is 67.9 Å². The summed E-state index contributed by atoms with van der Waals surface area (Å²) in [5.74, 6) is 0.957. The van der Waals surface area contributed by atoms with Gasteiger partial charge in [-0.2, -0.15) is 5.10 Å². The number of likely N-dealkylation sites (N-methyl/N-ethyl adjacent to an activating group) is 1. The summed E-state index contributed by atoms with van der Waals surface area (Å²) in [6.07, 6.45) is 5.81. The molecule has 3 aromatic rings. The van der Waals surface area contributed by atoms with Crippen molar-refractivity contribution in [2.75, 3.05) is 33.2 Å². The fourth-order valence-corrected chi connectivity index (χ4v) is 3.85. The minimum absolute atomic E-state index is 0.0638. The number of nitrogens with zero attached hydrogens (tertiary/aromatic N) is 6. The lowest BCUT2D eigenvalue weighted by molar-refractivity contribution is 0.0514. The normalized spacial score (nSPS) is 16.7. The molecule has 4 rings (SSSR count). The second kappa shape index (κ2) is 7.29. The molecule has 1 fully saturated rings. The predicted octanol–water partition coefficient (Wildman–Crippen LogP) is 2.76. The number of benzene rings is 1. The van der Waals surface area contributed by atoms with Crippen LogP contribution < -0.4 is 0 Å². The van der Waals surface area contributed by atoms with Crippen LogP contribution in [0.15, 0.2) is 55.0 Å². The van der Waals surface area contributed by atoms with E-state index in [1.54, 1.807) is 0 Å². The highest BCUT2D eigenvalue weighted by Crippen LogP contribution is 2.25. The Balaban J connectivity index is 1.60. The van der Waals surface area contributed by atoms with E-state index in [1.807, 2.05) is 41.3 Å². The standard InChI is InChI=1S/C21H28N6/c1-21(2,26-15-13-24(3)14-16-26)17-25-12-11-22-20(25)19-9-10-23-27(19)18-7-5-4-6-8-18/h4-12H,13-17H2,1-3H3. The van der Waals surface area contributed by atoms with E-state index in [9.17, 15) is 0 Å². The lowest BCUT2D eigenvalue weighted by Gasteiger charge is -2.43. The molecule has 142 valence electrons. The molecule has 6 heteroatoms. The number of aromatic nitrogens is 4. The molecular formula is C21H28N6. The maximum atomic E-state index is 4.66. The third-order valence-corrected chi connectivity index (χ3v) is 5.50. The van der Waals surface area contributed by atoms with Gasteiger partial charge in [0, 0.05) is 50.7 Å². The molecule has 0 aliphatic carbocycles. The molecule has 1 aliphatic rings. The molecule has 0 N–H and O–H groups in total. The van der Waals surface area contributed by atoms with Crippen LogP contribution in [0.2, 0.25) is 0 Å². The monoisotopic (exact) mass is 364 g/mol. The Labute approximate surface area is 161 Å². The largest absolute Gasteiger partial charge is 0.328 e. The lowest BCUT2D eigenvalue weighted by Crippen LogP contribution is -2.55. The number of hydrogen-bond donors (Lipinski definition) is 0. The van der Waals surface area contributed by atoms with Gasteiger partial charge in [0.05, 0.1) is 11.9 Å². The van der Waals surface area contributed by atoms with Gasteiger partial charge in [-0.25, -0.2) is 9.67 Å². The average molecular weight is 364 g/mol. The van der Waals surface area contributed by atoms with Crippen LogP contribution in [-0.2, 0) is 6.54 Å². The highest BCUT2D eigenvalue weighted by molar-refractivity contribution is 5.54. The first-order valence-electron chi connectivity index (χ1n) is 9.59. The topological polar surface area (TPSA) is 42.1 Å². The summed E-state index contributed by atoms with van der Waals surface area (Å²) in [6, 6.07) is 12.3. The van der Waals surface area contributed by atoms with E-state index in [1.165, 1.54) is 0 Å². The fraction of sp³-hybridized carbons (Fsp3) is 0.429. The maximum absolute atomic E-state index is 4.66. The van der Waals surface area contributed by atoms with E-state index >= 15 is 0 Å². The van der Waals surface area contributed by atoms with Gasteiger partial charge in [-0.05, 0) is 39.1 Å². The fourth-order valence-electron chi connectivity index (χ4n) is 3.85. The minimum atomic E-state index is 0.0638. The van der Waals surface area contributed by atoms with Crippen molar-refractivity contribution in [1.82, 2.24) is 29.1 Å². The molecule has 0 atom stereocenters. The second-order valence-electron chi connectivity index (χ2n) is 7.95. The van der Waals surface area contributed by atoms with E-state index in [2.05, 4.69) is 63.7 Å². The van der Waals surface area contributed by atoms with Crippen molar-refractivity contribution in [2.24, 2.45) is 0 Å². The van der Waals surface area contributed by atoms with Crippen molar-refractivity contribution >= 4 is 0 Å². The first-order chi connectivity index (χ1) is 13.0. The molecule has 0 radical (unpaired) electrons. The van der Waals surface area contributed by atoms with E-state index in [-0.39, 0.29) is 5.54 Å². The van der Waals surface area contributed by atoms with Crippen molar-refractivity contribution < 1.29 is 0 Å². The molecule has 0 amide bonds. The van der Waals surface area contributed by atoms with Gasteiger partial charge in [0.1, 0.15) is 5.69 Å². The summed E-state index contributed by atoms with van der Waals surface area (Å²) in [5.41, 5.74) is 2.12. The summed E-state index contributed by atoms with van der Waals surface area (Å²) in [5, 5.41) is 4.53. The molecule has 0 spiro atoms. The Morgan fingerprint density at radius 1 is 0.963 bits per heavy atom. The highest BCUT2D eigenvalue weighted by Gasteiger charge is 2.30. The van der Waals surface area contributed by atoms with Gasteiger partial charge in [0.25, 0.3) is 0 Å². The number of para-hydroxylation sites is 1. The zero-order chi connectivity index (χ0) is 18.9. The van der Waals surface area contributed by atoms with E-state index in [4.69, 9.17) is 0 Å². The first kappa shape index (κ1) is 17.9. The molecule has 6 nitrogen and oxygen atoms in total. The molecule has 0 unspecified atom stereocenters. The lowest BCUT2D eigenvalue weighted by atomic mass is 10.0. The minimum Gasteiger partial charge on any atom is -0.328 e. The average Bonchev–Trinajstić information content (AvgIpc) is 3.31. The summed E-state index contributed by atoms with van der Waals surface area (Å²) in [4.78, 5) is 9.65. The van der Waals surface area contributed by atoms with Crippen LogP contribution in [0.1, 0.15) is 13.8 Å². The molecule has 0 saturated carbocycles. The Bertz CT molecular complexity index is 871. The van der Waals surface area contributed by atoms with E-state index in [0.29, 0.717) is 0 Å². The summed E-state index contributed by atoms with van der Waals surface area (Å²) < 4.78 is 4.22. The van der Waals surface area contributed by atoms with E-state index in [0.717, 1.165) is 49.9 Å². The zero-order valence-corrected chi connectivity index (χ0v) is 16.4. The van der Waals surface area contributed by atoms with Crippen LogP contribution in [0.4, 0.5) is 0 Å². The molecule has 1 saturated heterocycles.